The van der Waals surface area contributed by atoms with E-state index in [0.29, 0.717) is 0 Å². The van der Waals surface area contributed by atoms with Crippen LogP contribution in [0.2, 0.25) is 0 Å². The summed E-state index contributed by atoms with van der Waals surface area (Å²) in [6, 6.07) is 0. The van der Waals surface area contributed by atoms with E-state index in [0.717, 1.165) is 0 Å². The highest BCUT2D eigenvalue weighted by Crippen LogP contribution is 2.70. The Labute approximate surface area is 262 Å². The minimum absolute atomic E-state index is 1.42. The van der Waals surface area contributed by atoms with Crippen LogP contribution in [0.15, 0.2) is 5.83 Å². The number of alkyl halides is 33. The molecule has 0 aliphatic rings. The van der Waals surface area contributed by atoms with Crippen molar-refractivity contribution in [3.05, 3.63) is 12.2 Å². The third-order valence-corrected chi connectivity index (χ3v) is 6.24. The Morgan fingerprint density at radius 3 is 0.491 bits per heavy atom. The smallest absolute Gasteiger partial charge is 0.201 e. The van der Waals surface area contributed by atoms with Gasteiger partial charge in [0.05, 0.1) is 0 Å². The zero-order valence-corrected chi connectivity index (χ0v) is 22.2. The fourth-order valence-electron chi connectivity index (χ4n) is 2.94. The third kappa shape index (κ3) is 5.60. The Balaban J connectivity index is 7.78. The van der Waals surface area contributed by atoms with Crippen LogP contribution in [0, 0.1) is 6.33 Å². The number of hydrogen-bond acceptors (Lipinski definition) is 0. The maximum Gasteiger partial charge on any atom is 0.460 e. The SMILES string of the molecule is F/[C]=C(\F)C(F)(F)C(F)(F)C(F)(F)C(F)(F)C(F)(F)C(F)(F)C(F)(F)C(F)(F)C(F)(F)C(F)(F)C(F)(F)C(F)(F)C(F)(F)C(F)(F)C(F)(F)C(F)(F)F. The first-order valence-corrected chi connectivity index (χ1v) is 10.9. The predicted octanol–water partition coefficient (Wildman–Crippen LogP) is 11.7. The van der Waals surface area contributed by atoms with Gasteiger partial charge in [0.1, 0.15) is 0 Å². The number of rotatable bonds is 15. The molecule has 0 bridgehead atoms. The topological polar surface area (TPSA) is 0 Å². The van der Waals surface area contributed by atoms with Crippen molar-refractivity contribution in [2.24, 2.45) is 0 Å². The largest absolute Gasteiger partial charge is 0.460 e. The summed E-state index contributed by atoms with van der Waals surface area (Å²) in [5.41, 5.74) is 0. The Kier molecular flexibility index (Phi) is 11.5. The van der Waals surface area contributed by atoms with Gasteiger partial charge in [0, 0.05) is 0 Å². The molecule has 0 aliphatic heterocycles. The minimum atomic E-state index is -10.3. The molecule has 0 atom stereocenters. The molecule has 317 valence electrons. The number of hydrogen-bond donors (Lipinski definition) is 0. The maximum absolute atomic E-state index is 13.8. The first-order chi connectivity index (χ1) is 22.2. The fraction of sp³-hybridized carbons (Fsp3) is 0.889. The first kappa shape index (κ1) is 50.3. The molecule has 0 aromatic heterocycles. The molecule has 0 aliphatic carbocycles. The van der Waals surface area contributed by atoms with E-state index >= 15 is 0 Å². The predicted molar refractivity (Wildman–Crippen MR) is 89.2 cm³/mol. The van der Waals surface area contributed by atoms with Crippen molar-refractivity contribution in [1.82, 2.24) is 0 Å². The molecule has 0 saturated heterocycles. The summed E-state index contributed by atoms with van der Waals surface area (Å²) in [6.07, 6.45) is -9.84. The van der Waals surface area contributed by atoms with Crippen LogP contribution < -0.4 is 0 Å². The van der Waals surface area contributed by atoms with E-state index in [2.05, 4.69) is 0 Å². The van der Waals surface area contributed by atoms with Crippen molar-refractivity contribution in [2.75, 3.05) is 0 Å². The summed E-state index contributed by atoms with van der Waals surface area (Å²) < 4.78 is 465. The van der Waals surface area contributed by atoms with E-state index in [1.165, 1.54) is 0 Å². The highest BCUT2D eigenvalue weighted by atomic mass is 19.4. The van der Waals surface area contributed by atoms with Gasteiger partial charge in [-0.3, -0.25) is 0 Å². The Bertz CT molecular complexity index is 1370. The van der Waals surface area contributed by atoms with Crippen LogP contribution in [-0.4, -0.2) is 95.0 Å². The summed E-state index contributed by atoms with van der Waals surface area (Å²) in [7, 11) is 0. The van der Waals surface area contributed by atoms with E-state index in [-0.39, 0.29) is 0 Å². The lowest BCUT2D eigenvalue weighted by Crippen LogP contribution is -2.80. The molecule has 0 nitrogen and oxygen atoms in total. The van der Waals surface area contributed by atoms with Gasteiger partial charge >= 0.3 is 95.0 Å². The second-order valence-corrected chi connectivity index (χ2v) is 9.52. The van der Waals surface area contributed by atoms with Gasteiger partial charge in [-0.15, -0.1) is 0 Å². The molecule has 1 radical (unpaired) electrons. The van der Waals surface area contributed by atoms with Gasteiger partial charge in [-0.25, -0.2) is 8.78 Å². The average molecular weight is 881 g/mol. The average Bonchev–Trinajstić information content (AvgIpc) is 2.94. The number of allylic oxidation sites excluding steroid dienone is 1. The van der Waals surface area contributed by atoms with Crippen LogP contribution >= 0.6 is 0 Å². The summed E-state index contributed by atoms with van der Waals surface area (Å²) in [4.78, 5) is 0. The van der Waals surface area contributed by atoms with E-state index < -0.39 is 107 Å². The molecule has 0 spiro atoms. The van der Waals surface area contributed by atoms with Crippen LogP contribution in [-0.2, 0) is 0 Å². The van der Waals surface area contributed by atoms with E-state index in [9.17, 15) is 154 Å². The molecular weight excluding hydrogens is 881 g/mol. The molecule has 0 heterocycles. The summed E-state index contributed by atoms with van der Waals surface area (Å²) in [5, 5.41) is 0. The second kappa shape index (κ2) is 12.1. The fourth-order valence-corrected chi connectivity index (χ4v) is 2.94. The number of halogens is 35. The molecular formula is C18F35. The lowest BCUT2D eigenvalue weighted by molar-refractivity contribution is -0.490. The summed E-state index contributed by atoms with van der Waals surface area (Å²) >= 11 is 0. The quantitative estimate of drug-likeness (QED) is 0.144. The molecule has 35 heteroatoms. The summed E-state index contributed by atoms with van der Waals surface area (Å²) in [5.74, 6) is -151. The Hall–Kier alpha value is -2.71. The van der Waals surface area contributed by atoms with Gasteiger partial charge in [0.2, 0.25) is 5.83 Å². The zero-order chi connectivity index (χ0) is 44.3. The first-order valence-electron chi connectivity index (χ1n) is 10.9. The van der Waals surface area contributed by atoms with Gasteiger partial charge < -0.3 is 0 Å². The lowest BCUT2D eigenvalue weighted by Gasteiger charge is -2.46. The van der Waals surface area contributed by atoms with Crippen molar-refractivity contribution >= 4 is 0 Å². The van der Waals surface area contributed by atoms with Gasteiger partial charge in [-0.2, -0.15) is 145 Å². The zero-order valence-electron chi connectivity index (χ0n) is 22.2. The highest BCUT2D eigenvalue weighted by Gasteiger charge is 3.02. The normalized spacial score (nSPS) is 17.5. The summed E-state index contributed by atoms with van der Waals surface area (Å²) in [6.45, 7) is 0. The van der Waals surface area contributed by atoms with Crippen LogP contribution in [0.5, 0.6) is 0 Å². The molecule has 53 heavy (non-hydrogen) atoms. The Morgan fingerprint density at radius 1 is 0.226 bits per heavy atom. The molecule has 0 aromatic rings. The second-order valence-electron chi connectivity index (χ2n) is 9.52. The minimum Gasteiger partial charge on any atom is -0.201 e. The third-order valence-electron chi connectivity index (χ3n) is 6.24. The van der Waals surface area contributed by atoms with Gasteiger partial charge in [-0.05, 0) is 0 Å². The van der Waals surface area contributed by atoms with Crippen molar-refractivity contribution < 1.29 is 154 Å². The van der Waals surface area contributed by atoms with E-state index in [1.54, 1.807) is 0 Å². The molecule has 0 aromatic carbocycles. The molecule has 0 unspecified atom stereocenters. The van der Waals surface area contributed by atoms with E-state index in [1.807, 2.05) is 0 Å². The molecule has 0 saturated carbocycles. The maximum atomic E-state index is 13.8. The van der Waals surface area contributed by atoms with E-state index in [4.69, 9.17) is 0 Å². The molecule has 0 fully saturated rings. The van der Waals surface area contributed by atoms with Crippen LogP contribution in [0.4, 0.5) is 154 Å². The van der Waals surface area contributed by atoms with Gasteiger partial charge in [0.25, 0.3) is 0 Å². The Morgan fingerprint density at radius 2 is 0.358 bits per heavy atom. The molecule has 0 N–H and O–H groups in total. The van der Waals surface area contributed by atoms with Crippen molar-refractivity contribution in [2.45, 2.75) is 95.0 Å². The van der Waals surface area contributed by atoms with Crippen molar-refractivity contribution in [1.29, 1.82) is 0 Å². The van der Waals surface area contributed by atoms with Crippen molar-refractivity contribution in [3.8, 4) is 0 Å². The van der Waals surface area contributed by atoms with Crippen molar-refractivity contribution in [3.63, 3.8) is 0 Å². The van der Waals surface area contributed by atoms with Gasteiger partial charge in [0.15, 0.2) is 6.33 Å². The monoisotopic (exact) mass is 881 g/mol. The standard InChI is InChI=1S/C18F35/c19-1-2(20)3(21,22)4(23,24)5(25,26)6(27,28)7(29,30)8(31,32)9(33,34)10(35,36)11(37,38)12(39,40)13(41,42)14(43,44)15(45,46)16(47,48)17(49,50)18(51,52)53. The highest BCUT2D eigenvalue weighted by molar-refractivity contribution is 5.23. The van der Waals surface area contributed by atoms with Crippen LogP contribution in [0.3, 0.4) is 0 Å². The lowest BCUT2D eigenvalue weighted by atomic mass is 9.82. The molecule has 0 rings (SSSR count). The van der Waals surface area contributed by atoms with Crippen LogP contribution in [0.1, 0.15) is 0 Å². The van der Waals surface area contributed by atoms with Gasteiger partial charge in [-0.1, -0.05) is 0 Å². The van der Waals surface area contributed by atoms with Crippen LogP contribution in [0.25, 0.3) is 0 Å². The molecule has 0 amide bonds.